The van der Waals surface area contributed by atoms with Gasteiger partial charge in [-0.3, -0.25) is 4.79 Å². The molecule has 22 heavy (non-hydrogen) atoms. The molecule has 4 atom stereocenters. The molecule has 4 nitrogen and oxygen atoms in total. The molecule has 1 amide bonds. The van der Waals surface area contributed by atoms with Gasteiger partial charge in [-0.2, -0.15) is 0 Å². The van der Waals surface area contributed by atoms with Crippen LogP contribution in [0.5, 0.6) is 5.75 Å². The Morgan fingerprint density at radius 3 is 2.68 bits per heavy atom. The lowest BCUT2D eigenvalue weighted by Crippen LogP contribution is -2.42. The molecule has 0 radical (unpaired) electrons. The van der Waals surface area contributed by atoms with Crippen molar-refractivity contribution in [1.29, 1.82) is 0 Å². The highest BCUT2D eigenvalue weighted by Gasteiger charge is 2.42. The Balaban J connectivity index is 1.43. The van der Waals surface area contributed by atoms with E-state index in [0.29, 0.717) is 11.7 Å². The van der Waals surface area contributed by atoms with Crippen molar-refractivity contribution < 1.29 is 14.6 Å². The van der Waals surface area contributed by atoms with Gasteiger partial charge in [-0.1, -0.05) is 18.6 Å². The second-order valence-electron chi connectivity index (χ2n) is 6.79. The number of carbonyl (C=O) groups excluding carboxylic acids is 1. The fraction of sp³-hybridized carbons (Fsp3) is 0.611. The monoisotopic (exact) mass is 303 g/mol. The Labute approximate surface area is 131 Å². The van der Waals surface area contributed by atoms with Crippen LogP contribution >= 0.6 is 0 Å². The number of nitrogens with one attached hydrogen (secondary N) is 1. The molecule has 3 rings (SSSR count). The van der Waals surface area contributed by atoms with E-state index in [1.165, 1.54) is 25.7 Å². The molecule has 1 aromatic carbocycles. The average Bonchev–Trinajstić information content (AvgIpc) is 3.16. The fourth-order valence-electron chi connectivity index (χ4n) is 4.15. The van der Waals surface area contributed by atoms with Crippen molar-refractivity contribution >= 4 is 5.91 Å². The molecule has 0 aliphatic heterocycles. The maximum absolute atomic E-state index is 12.0. The quantitative estimate of drug-likeness (QED) is 0.849. The first-order chi connectivity index (χ1) is 10.7. The van der Waals surface area contributed by atoms with Crippen molar-refractivity contribution in [3.63, 3.8) is 0 Å². The van der Waals surface area contributed by atoms with Crippen LogP contribution in [0.15, 0.2) is 24.3 Å². The molecule has 4 heteroatoms. The zero-order valence-corrected chi connectivity index (χ0v) is 13.1. The summed E-state index contributed by atoms with van der Waals surface area (Å²) in [6.45, 7) is 2.19. The summed E-state index contributed by atoms with van der Waals surface area (Å²) < 4.78 is 5.50. The van der Waals surface area contributed by atoms with Gasteiger partial charge >= 0.3 is 0 Å². The van der Waals surface area contributed by atoms with Crippen LogP contribution in [0, 0.1) is 17.8 Å². The zero-order valence-electron chi connectivity index (χ0n) is 13.1. The predicted octanol–water partition coefficient (Wildman–Crippen LogP) is 2.50. The third kappa shape index (κ3) is 3.43. The molecular formula is C18H25NO3. The molecule has 120 valence electrons. The topological polar surface area (TPSA) is 58.6 Å². The van der Waals surface area contributed by atoms with Gasteiger partial charge in [-0.25, -0.2) is 0 Å². The number of fused-ring (bicyclic) bond motifs is 2. The number of benzene rings is 1. The third-order valence-electron chi connectivity index (χ3n) is 5.30. The number of hydrogen-bond acceptors (Lipinski definition) is 3. The minimum Gasteiger partial charge on any atom is -0.484 e. The summed E-state index contributed by atoms with van der Waals surface area (Å²) in [6.07, 6.45) is 5.35. The Morgan fingerprint density at radius 1 is 1.32 bits per heavy atom. The summed E-state index contributed by atoms with van der Waals surface area (Å²) in [5.74, 6) is 2.95. The Kier molecular flexibility index (Phi) is 4.67. The predicted molar refractivity (Wildman–Crippen MR) is 84.4 cm³/mol. The molecule has 0 heterocycles. The van der Waals surface area contributed by atoms with Crippen LogP contribution in [0.25, 0.3) is 0 Å². The minimum atomic E-state index is -0.0542. The maximum atomic E-state index is 12.0. The van der Waals surface area contributed by atoms with Crippen molar-refractivity contribution in [2.75, 3.05) is 6.61 Å². The fourth-order valence-corrected chi connectivity index (χ4v) is 4.15. The number of ether oxygens (including phenoxy) is 1. The van der Waals surface area contributed by atoms with Gasteiger partial charge in [-0.05, 0) is 61.6 Å². The standard InChI is InChI=1S/C18H25NO3/c1-12(17-9-14-2-5-15(17)8-14)19-18(21)11-22-16-6-3-13(10-20)4-7-16/h3-4,6-7,12,14-15,17,20H,2,5,8-11H2,1H3,(H,19,21). The lowest BCUT2D eigenvalue weighted by atomic mass is 9.84. The molecule has 2 fully saturated rings. The smallest absolute Gasteiger partial charge is 0.258 e. The van der Waals surface area contributed by atoms with Gasteiger partial charge in [0.1, 0.15) is 5.75 Å². The first kappa shape index (κ1) is 15.3. The van der Waals surface area contributed by atoms with E-state index >= 15 is 0 Å². The molecule has 0 saturated heterocycles. The minimum absolute atomic E-state index is 0.0157. The second kappa shape index (κ2) is 6.69. The summed E-state index contributed by atoms with van der Waals surface area (Å²) in [5, 5.41) is 12.1. The van der Waals surface area contributed by atoms with E-state index < -0.39 is 0 Å². The molecule has 2 bridgehead atoms. The van der Waals surface area contributed by atoms with Gasteiger partial charge in [0.05, 0.1) is 6.61 Å². The molecule has 2 aliphatic carbocycles. The lowest BCUT2D eigenvalue weighted by molar-refractivity contribution is -0.124. The second-order valence-corrected chi connectivity index (χ2v) is 6.79. The zero-order chi connectivity index (χ0) is 15.5. The highest BCUT2D eigenvalue weighted by atomic mass is 16.5. The summed E-state index contributed by atoms with van der Waals surface area (Å²) in [5.41, 5.74) is 0.835. The molecule has 0 aromatic heterocycles. The van der Waals surface area contributed by atoms with Gasteiger partial charge in [0.25, 0.3) is 5.91 Å². The third-order valence-corrected chi connectivity index (χ3v) is 5.30. The summed E-state index contributed by atoms with van der Waals surface area (Å²) in [7, 11) is 0. The maximum Gasteiger partial charge on any atom is 0.258 e. The molecule has 2 N–H and O–H groups in total. The normalized spacial score (nSPS) is 27.6. The van der Waals surface area contributed by atoms with Gasteiger partial charge in [0.15, 0.2) is 6.61 Å². The van der Waals surface area contributed by atoms with Crippen LogP contribution in [0.1, 0.15) is 38.2 Å². The number of carbonyl (C=O) groups is 1. The average molecular weight is 303 g/mol. The van der Waals surface area contributed by atoms with E-state index in [1.54, 1.807) is 24.3 Å². The summed E-state index contributed by atoms with van der Waals surface area (Å²) in [6, 6.07) is 7.38. The van der Waals surface area contributed by atoms with Gasteiger partial charge in [0, 0.05) is 6.04 Å². The molecule has 4 unspecified atom stereocenters. The Bertz CT molecular complexity index is 514. The van der Waals surface area contributed by atoms with Crippen LogP contribution in [-0.2, 0) is 11.4 Å². The number of aliphatic hydroxyl groups excluding tert-OH is 1. The Morgan fingerprint density at radius 2 is 2.09 bits per heavy atom. The molecule has 2 aliphatic rings. The SMILES string of the molecule is CC(NC(=O)COc1ccc(CO)cc1)C1CC2CCC1C2. The van der Waals surface area contributed by atoms with Crippen molar-refractivity contribution in [3.05, 3.63) is 29.8 Å². The van der Waals surface area contributed by atoms with Crippen molar-refractivity contribution in [3.8, 4) is 5.75 Å². The molecule has 1 aromatic rings. The summed E-state index contributed by atoms with van der Waals surface area (Å²) in [4.78, 5) is 12.0. The van der Waals surface area contributed by atoms with E-state index in [9.17, 15) is 4.79 Å². The van der Waals surface area contributed by atoms with Crippen LogP contribution in [0.3, 0.4) is 0 Å². The van der Waals surface area contributed by atoms with Crippen LogP contribution in [-0.4, -0.2) is 23.7 Å². The van der Waals surface area contributed by atoms with Crippen molar-refractivity contribution in [1.82, 2.24) is 5.32 Å². The van der Waals surface area contributed by atoms with E-state index in [1.807, 2.05) is 0 Å². The van der Waals surface area contributed by atoms with Crippen LogP contribution in [0.2, 0.25) is 0 Å². The highest BCUT2D eigenvalue weighted by Crippen LogP contribution is 2.49. The van der Waals surface area contributed by atoms with Gasteiger partial charge in [-0.15, -0.1) is 0 Å². The van der Waals surface area contributed by atoms with Crippen molar-refractivity contribution in [2.24, 2.45) is 17.8 Å². The summed E-state index contributed by atoms with van der Waals surface area (Å²) >= 11 is 0. The molecular weight excluding hydrogens is 278 g/mol. The van der Waals surface area contributed by atoms with Crippen LogP contribution < -0.4 is 10.1 Å². The molecule has 0 spiro atoms. The van der Waals surface area contributed by atoms with E-state index in [-0.39, 0.29) is 25.2 Å². The van der Waals surface area contributed by atoms with Crippen molar-refractivity contribution in [2.45, 2.75) is 45.3 Å². The number of hydrogen-bond donors (Lipinski definition) is 2. The largest absolute Gasteiger partial charge is 0.484 e. The molecule has 2 saturated carbocycles. The van der Waals surface area contributed by atoms with E-state index in [0.717, 1.165) is 17.4 Å². The Hall–Kier alpha value is -1.55. The number of rotatable bonds is 6. The first-order valence-corrected chi connectivity index (χ1v) is 8.27. The first-order valence-electron chi connectivity index (χ1n) is 8.27. The number of amides is 1. The van der Waals surface area contributed by atoms with Crippen LogP contribution in [0.4, 0.5) is 0 Å². The van der Waals surface area contributed by atoms with E-state index in [2.05, 4.69) is 12.2 Å². The lowest BCUT2D eigenvalue weighted by Gasteiger charge is -2.28. The number of aliphatic hydroxyl groups is 1. The van der Waals surface area contributed by atoms with E-state index in [4.69, 9.17) is 9.84 Å². The van der Waals surface area contributed by atoms with Gasteiger partial charge < -0.3 is 15.2 Å². The highest BCUT2D eigenvalue weighted by molar-refractivity contribution is 5.77. The van der Waals surface area contributed by atoms with Gasteiger partial charge in [0.2, 0.25) is 0 Å².